The van der Waals surface area contributed by atoms with Crippen molar-refractivity contribution in [2.75, 3.05) is 6.61 Å². The van der Waals surface area contributed by atoms with Gasteiger partial charge in [-0.3, -0.25) is 4.79 Å². The molecule has 1 atom stereocenters. The summed E-state index contributed by atoms with van der Waals surface area (Å²) in [6.07, 6.45) is 0.505. The minimum atomic E-state index is -1.10. The van der Waals surface area contributed by atoms with Crippen LogP contribution in [0, 0.1) is 11.3 Å². The number of carboxylic acid groups (broad SMARTS) is 1. The van der Waals surface area contributed by atoms with Crippen molar-refractivity contribution in [1.29, 1.82) is 5.26 Å². The van der Waals surface area contributed by atoms with Gasteiger partial charge < -0.3 is 15.2 Å². The number of carbonyl (C=O) groups excluding carboxylic acids is 1. The quantitative estimate of drug-likeness (QED) is 0.766. The van der Waals surface area contributed by atoms with Gasteiger partial charge in [-0.2, -0.15) is 5.26 Å². The average Bonchev–Trinajstić information content (AvgIpc) is 2.61. The molecule has 25 heavy (non-hydrogen) atoms. The van der Waals surface area contributed by atoms with Crippen LogP contribution >= 0.6 is 0 Å². The fourth-order valence-electron chi connectivity index (χ4n) is 2.23. The maximum Gasteiger partial charge on any atom is 0.326 e. The SMILES string of the molecule is N#CCc1ccc(OCC(=O)N[C@@H](Cc2ccccc2)C(=O)O)cc1. The topological polar surface area (TPSA) is 99.4 Å². The van der Waals surface area contributed by atoms with E-state index in [2.05, 4.69) is 5.32 Å². The Hall–Kier alpha value is -3.33. The molecule has 6 heteroatoms. The summed E-state index contributed by atoms with van der Waals surface area (Å²) in [7, 11) is 0. The van der Waals surface area contributed by atoms with Gasteiger partial charge in [0.25, 0.3) is 5.91 Å². The highest BCUT2D eigenvalue weighted by atomic mass is 16.5. The molecular weight excluding hydrogens is 320 g/mol. The highest BCUT2D eigenvalue weighted by molar-refractivity contribution is 5.84. The Bertz CT molecular complexity index is 751. The molecule has 1 amide bonds. The van der Waals surface area contributed by atoms with E-state index in [1.807, 2.05) is 24.3 Å². The minimum Gasteiger partial charge on any atom is -0.484 e. The monoisotopic (exact) mass is 338 g/mol. The van der Waals surface area contributed by atoms with Crippen molar-refractivity contribution < 1.29 is 19.4 Å². The Morgan fingerprint density at radius 1 is 1.08 bits per heavy atom. The lowest BCUT2D eigenvalue weighted by molar-refractivity contribution is -0.142. The number of benzene rings is 2. The van der Waals surface area contributed by atoms with Crippen LogP contribution in [0.4, 0.5) is 0 Å². The number of rotatable bonds is 8. The van der Waals surface area contributed by atoms with E-state index < -0.39 is 17.9 Å². The molecular formula is C19H18N2O4. The first kappa shape index (κ1) is 18.0. The predicted molar refractivity (Wildman–Crippen MR) is 91.0 cm³/mol. The molecule has 0 unspecified atom stereocenters. The third-order valence-corrected chi connectivity index (χ3v) is 3.49. The van der Waals surface area contributed by atoms with Crippen LogP contribution in [-0.2, 0) is 22.4 Å². The van der Waals surface area contributed by atoms with Crippen LogP contribution in [0.25, 0.3) is 0 Å². The Morgan fingerprint density at radius 3 is 2.36 bits per heavy atom. The van der Waals surface area contributed by atoms with Gasteiger partial charge >= 0.3 is 5.97 Å². The van der Waals surface area contributed by atoms with Crippen molar-refractivity contribution in [2.24, 2.45) is 0 Å². The lowest BCUT2D eigenvalue weighted by atomic mass is 10.1. The van der Waals surface area contributed by atoms with Crippen LogP contribution in [0.2, 0.25) is 0 Å². The van der Waals surface area contributed by atoms with Crippen molar-refractivity contribution in [3.63, 3.8) is 0 Å². The van der Waals surface area contributed by atoms with Gasteiger partial charge in [0, 0.05) is 6.42 Å². The maximum atomic E-state index is 11.9. The van der Waals surface area contributed by atoms with Gasteiger partial charge in [0.1, 0.15) is 11.8 Å². The van der Waals surface area contributed by atoms with E-state index in [0.717, 1.165) is 11.1 Å². The van der Waals surface area contributed by atoms with Crippen molar-refractivity contribution >= 4 is 11.9 Å². The molecule has 128 valence electrons. The van der Waals surface area contributed by atoms with Crippen LogP contribution in [0.5, 0.6) is 5.75 Å². The zero-order chi connectivity index (χ0) is 18.1. The van der Waals surface area contributed by atoms with E-state index in [0.29, 0.717) is 12.2 Å². The molecule has 0 aliphatic rings. The number of nitrogens with zero attached hydrogens (tertiary/aromatic N) is 1. The number of carboxylic acids is 1. The molecule has 2 N–H and O–H groups in total. The first-order valence-corrected chi connectivity index (χ1v) is 7.73. The molecule has 6 nitrogen and oxygen atoms in total. The van der Waals surface area contributed by atoms with E-state index in [1.54, 1.807) is 36.4 Å². The van der Waals surface area contributed by atoms with Crippen LogP contribution in [0.15, 0.2) is 54.6 Å². The molecule has 0 spiro atoms. The van der Waals surface area contributed by atoms with Crippen LogP contribution in [-0.4, -0.2) is 29.6 Å². The van der Waals surface area contributed by atoms with Gasteiger partial charge in [0.15, 0.2) is 6.61 Å². The molecule has 0 aliphatic carbocycles. The lowest BCUT2D eigenvalue weighted by Gasteiger charge is -2.15. The van der Waals surface area contributed by atoms with Crippen molar-refractivity contribution in [1.82, 2.24) is 5.32 Å². The number of amides is 1. The molecule has 0 radical (unpaired) electrons. The van der Waals surface area contributed by atoms with Gasteiger partial charge in [-0.1, -0.05) is 42.5 Å². The van der Waals surface area contributed by atoms with E-state index in [4.69, 9.17) is 10.00 Å². The summed E-state index contributed by atoms with van der Waals surface area (Å²) in [5.74, 6) is -1.13. The molecule has 0 aromatic heterocycles. The third-order valence-electron chi connectivity index (χ3n) is 3.49. The zero-order valence-corrected chi connectivity index (χ0v) is 13.5. The summed E-state index contributed by atoms with van der Waals surface area (Å²) in [4.78, 5) is 23.3. The summed E-state index contributed by atoms with van der Waals surface area (Å²) in [5, 5.41) is 20.3. The van der Waals surface area contributed by atoms with E-state index in [-0.39, 0.29) is 13.0 Å². The summed E-state index contributed by atoms with van der Waals surface area (Å²) >= 11 is 0. The Balaban J connectivity index is 1.86. The van der Waals surface area contributed by atoms with Crippen molar-refractivity contribution in [3.05, 3.63) is 65.7 Å². The van der Waals surface area contributed by atoms with Crippen LogP contribution < -0.4 is 10.1 Å². The highest BCUT2D eigenvalue weighted by Gasteiger charge is 2.20. The highest BCUT2D eigenvalue weighted by Crippen LogP contribution is 2.12. The number of aliphatic carboxylic acids is 1. The van der Waals surface area contributed by atoms with Gasteiger partial charge in [0.2, 0.25) is 0 Å². The smallest absolute Gasteiger partial charge is 0.326 e. The molecule has 0 fully saturated rings. The average molecular weight is 338 g/mol. The van der Waals surface area contributed by atoms with Crippen molar-refractivity contribution in [3.8, 4) is 11.8 Å². The molecule has 2 rings (SSSR count). The molecule has 0 saturated heterocycles. The summed E-state index contributed by atoms with van der Waals surface area (Å²) in [6.45, 7) is -0.282. The van der Waals surface area contributed by atoms with Gasteiger partial charge in [-0.05, 0) is 23.3 Å². The zero-order valence-electron chi connectivity index (χ0n) is 13.5. The Labute approximate surface area is 145 Å². The maximum absolute atomic E-state index is 11.9. The van der Waals surface area contributed by atoms with E-state index >= 15 is 0 Å². The van der Waals surface area contributed by atoms with Crippen LogP contribution in [0.3, 0.4) is 0 Å². The molecule has 0 aliphatic heterocycles. The fourth-order valence-corrected chi connectivity index (χ4v) is 2.23. The molecule has 2 aromatic rings. The second-order valence-electron chi connectivity index (χ2n) is 5.42. The Morgan fingerprint density at radius 2 is 1.76 bits per heavy atom. The predicted octanol–water partition coefficient (Wildman–Crippen LogP) is 1.94. The van der Waals surface area contributed by atoms with Gasteiger partial charge in [-0.15, -0.1) is 0 Å². The number of nitriles is 1. The standard InChI is InChI=1S/C19H18N2O4/c20-11-10-14-6-8-16(9-7-14)25-13-18(22)21-17(19(23)24)12-15-4-2-1-3-5-15/h1-9,17H,10,12-13H2,(H,21,22)(H,23,24)/t17-/m0/s1. The Kier molecular flexibility index (Phi) is 6.55. The summed E-state index contributed by atoms with van der Waals surface area (Å²) in [6, 6.07) is 16.9. The van der Waals surface area contributed by atoms with E-state index in [9.17, 15) is 14.7 Å². The summed E-state index contributed by atoms with van der Waals surface area (Å²) < 4.78 is 5.34. The molecule has 0 saturated carbocycles. The number of ether oxygens (including phenoxy) is 1. The summed E-state index contributed by atoms with van der Waals surface area (Å²) in [5.41, 5.74) is 1.68. The second-order valence-corrected chi connectivity index (χ2v) is 5.42. The number of carbonyl (C=O) groups is 2. The van der Waals surface area contributed by atoms with E-state index in [1.165, 1.54) is 0 Å². The lowest BCUT2D eigenvalue weighted by Crippen LogP contribution is -2.44. The van der Waals surface area contributed by atoms with Gasteiger partial charge in [0.05, 0.1) is 12.5 Å². The molecule has 2 aromatic carbocycles. The largest absolute Gasteiger partial charge is 0.484 e. The first-order valence-electron chi connectivity index (χ1n) is 7.73. The number of nitrogens with one attached hydrogen (secondary N) is 1. The normalized spacial score (nSPS) is 11.2. The van der Waals surface area contributed by atoms with Crippen LogP contribution in [0.1, 0.15) is 11.1 Å². The first-order chi connectivity index (χ1) is 12.1. The second kappa shape index (κ2) is 9.08. The van der Waals surface area contributed by atoms with Gasteiger partial charge in [-0.25, -0.2) is 4.79 Å². The van der Waals surface area contributed by atoms with Crippen molar-refractivity contribution in [2.45, 2.75) is 18.9 Å². The number of hydrogen-bond acceptors (Lipinski definition) is 4. The molecule has 0 heterocycles. The minimum absolute atomic E-state index is 0.199. The third kappa shape index (κ3) is 5.99. The molecule has 0 bridgehead atoms. The number of hydrogen-bond donors (Lipinski definition) is 2. The fraction of sp³-hybridized carbons (Fsp3) is 0.211.